The molecule has 1 N–H and O–H groups in total. The number of imide groups is 1. The van der Waals surface area contributed by atoms with Crippen molar-refractivity contribution in [1.29, 1.82) is 0 Å². The summed E-state index contributed by atoms with van der Waals surface area (Å²) in [7, 11) is 5.77. The van der Waals surface area contributed by atoms with Gasteiger partial charge < -0.3 is 17.2 Å². The zero-order valence-electron chi connectivity index (χ0n) is 16.1. The molecule has 0 aromatic rings. The summed E-state index contributed by atoms with van der Waals surface area (Å²) in [4.78, 5) is 23.1. The van der Waals surface area contributed by atoms with Crippen molar-refractivity contribution in [2.45, 2.75) is 47.0 Å². The molecule has 2 amide bonds. The summed E-state index contributed by atoms with van der Waals surface area (Å²) in [5.74, 6) is -0.356. The Kier molecular flexibility index (Phi) is 13.8. The molecule has 2 aliphatic rings. The number of carbonyl (C=O) groups is 2. The predicted octanol–water partition coefficient (Wildman–Crippen LogP) is 3.13. The van der Waals surface area contributed by atoms with E-state index in [1.165, 1.54) is 26.3 Å². The fourth-order valence-corrected chi connectivity index (χ4v) is 2.19. The molecule has 134 valence electrons. The Morgan fingerprint density at radius 3 is 1.74 bits per heavy atom. The summed E-state index contributed by atoms with van der Waals surface area (Å²) in [6.45, 7) is 9.13. The molecule has 0 spiro atoms. The Morgan fingerprint density at radius 2 is 1.65 bits per heavy atom. The van der Waals surface area contributed by atoms with Crippen molar-refractivity contribution in [2.75, 3.05) is 20.8 Å². The fraction of sp³-hybridized carbons (Fsp3) is 0.647. The van der Waals surface area contributed by atoms with Gasteiger partial charge in [-0.3, -0.25) is 14.5 Å². The van der Waals surface area contributed by atoms with E-state index in [-0.39, 0.29) is 32.9 Å². The Balaban J connectivity index is -0.000000285. The van der Waals surface area contributed by atoms with Crippen molar-refractivity contribution in [3.63, 3.8) is 0 Å². The second-order valence-electron chi connectivity index (χ2n) is 5.77. The first kappa shape index (κ1) is 24.7. The van der Waals surface area contributed by atoms with Crippen molar-refractivity contribution in [1.82, 2.24) is 4.90 Å². The maximum absolute atomic E-state index is 11.0. The van der Waals surface area contributed by atoms with Gasteiger partial charge in [-0.2, -0.15) is 6.92 Å². The molecular formula is C17H31NO4W. The third-order valence-corrected chi connectivity index (χ3v) is 3.87. The SMILES string of the molecule is CC1=C(C)C(=O)N(C)C1=O.COCC1(C)CCC1.C[CH-]O.[2H][CH2-].[W+2]. The molecule has 0 aromatic heterocycles. The van der Waals surface area contributed by atoms with Crippen LogP contribution in [0.15, 0.2) is 11.1 Å². The Morgan fingerprint density at radius 1 is 1.30 bits per heavy atom. The van der Waals surface area contributed by atoms with Crippen molar-refractivity contribution in [2.24, 2.45) is 5.41 Å². The third kappa shape index (κ3) is 8.23. The molecule has 2 rings (SSSR count). The van der Waals surface area contributed by atoms with E-state index < -0.39 is 0 Å². The topological polar surface area (TPSA) is 66.8 Å². The predicted molar refractivity (Wildman–Crippen MR) is 88.3 cm³/mol. The monoisotopic (exact) mass is 498 g/mol. The maximum Gasteiger partial charge on any atom is 2.00 e. The van der Waals surface area contributed by atoms with Crippen LogP contribution in [0.3, 0.4) is 0 Å². The summed E-state index contributed by atoms with van der Waals surface area (Å²) < 4.78 is 10.5. The number of carbonyl (C=O) groups excluding carboxylic acids is 2. The quantitative estimate of drug-likeness (QED) is 0.470. The van der Waals surface area contributed by atoms with E-state index in [0.717, 1.165) is 18.1 Å². The maximum atomic E-state index is 11.0. The van der Waals surface area contributed by atoms with E-state index in [9.17, 15) is 9.59 Å². The van der Waals surface area contributed by atoms with Crippen molar-refractivity contribution >= 4 is 11.8 Å². The molecular weight excluding hydrogens is 466 g/mol. The molecule has 23 heavy (non-hydrogen) atoms. The Bertz CT molecular complexity index is 385. The van der Waals surface area contributed by atoms with Crippen molar-refractivity contribution in [3.8, 4) is 0 Å². The van der Waals surface area contributed by atoms with Gasteiger partial charge in [0.25, 0.3) is 11.8 Å². The zero-order valence-corrected chi connectivity index (χ0v) is 18.1. The van der Waals surface area contributed by atoms with Crippen LogP contribution >= 0.6 is 0 Å². The summed E-state index contributed by atoms with van der Waals surface area (Å²) in [5, 5.41) is 7.44. The molecule has 1 saturated carbocycles. The Hall–Kier alpha value is -0.512. The number of methoxy groups -OCH3 is 1. The largest absolute Gasteiger partial charge is 2.00 e. The summed E-state index contributed by atoms with van der Waals surface area (Å²) in [5.41, 5.74) is 1.68. The van der Waals surface area contributed by atoms with E-state index in [1.807, 2.05) is 0 Å². The molecule has 5 nitrogen and oxygen atoms in total. The number of nitrogens with zero attached hydrogens (tertiary/aromatic N) is 1. The van der Waals surface area contributed by atoms with Gasteiger partial charge in [0.05, 0.1) is 6.61 Å². The number of hydrogen-bond donors (Lipinski definition) is 1. The number of amides is 2. The van der Waals surface area contributed by atoms with E-state index >= 15 is 0 Å². The average molecular weight is 498 g/mol. The van der Waals surface area contributed by atoms with E-state index in [2.05, 4.69) is 14.3 Å². The zero-order chi connectivity index (χ0) is 18.6. The second-order valence-corrected chi connectivity index (χ2v) is 5.77. The van der Waals surface area contributed by atoms with Gasteiger partial charge in [-0.25, -0.2) is 7.98 Å². The van der Waals surface area contributed by atoms with Crippen LogP contribution in [-0.4, -0.2) is 42.6 Å². The molecule has 1 aliphatic heterocycles. The Labute approximate surface area is 157 Å². The normalized spacial score (nSPS) is 18.1. The van der Waals surface area contributed by atoms with Crippen LogP contribution in [0.4, 0.5) is 0 Å². The van der Waals surface area contributed by atoms with Crippen LogP contribution in [0.1, 0.15) is 48.3 Å². The van der Waals surface area contributed by atoms with Crippen LogP contribution in [-0.2, 0) is 35.4 Å². The first-order chi connectivity index (χ1) is 10.7. The number of aliphatic hydroxyl groups is 1. The molecule has 0 saturated heterocycles. The summed E-state index contributed by atoms with van der Waals surface area (Å²) in [6, 6.07) is 0. The molecule has 0 bridgehead atoms. The molecule has 1 aliphatic carbocycles. The number of aliphatic hydroxyl groups excluding tert-OH is 1. The summed E-state index contributed by atoms with van der Waals surface area (Å²) >= 11 is 0. The summed E-state index contributed by atoms with van der Waals surface area (Å²) in [6.07, 6.45) is 4.13. The molecule has 0 atom stereocenters. The van der Waals surface area contributed by atoms with Crippen LogP contribution in [0, 0.1) is 19.4 Å². The van der Waals surface area contributed by atoms with Gasteiger partial charge in [-0.15, -0.1) is 0 Å². The number of hydrogen-bond acceptors (Lipinski definition) is 4. The van der Waals surface area contributed by atoms with E-state index in [4.69, 9.17) is 11.2 Å². The molecule has 0 unspecified atom stereocenters. The van der Waals surface area contributed by atoms with E-state index in [1.54, 1.807) is 27.9 Å². The standard InChI is InChI=1S/C7H9NO2.C7H14O.C2H5O.CH3.W/c1-4-5(2)7(10)8(3)6(4)9;1-7(6-8-2)4-3-5-7;1-2-3;;/h1-3H3;3-6H2,1-2H3;2-3H,1H3;1H3;/q;;2*-1;+2/i;;;1D;. The van der Waals surface area contributed by atoms with Crippen LogP contribution < -0.4 is 0 Å². The molecule has 0 aromatic carbocycles. The van der Waals surface area contributed by atoms with Crippen molar-refractivity contribution in [3.05, 3.63) is 25.2 Å². The fourth-order valence-electron chi connectivity index (χ4n) is 2.19. The van der Waals surface area contributed by atoms with Crippen LogP contribution in [0.25, 0.3) is 0 Å². The first-order valence-corrected chi connectivity index (χ1v) is 7.15. The molecule has 1 heterocycles. The minimum atomic E-state index is -0.178. The smallest absolute Gasteiger partial charge is 0.566 e. The van der Waals surface area contributed by atoms with Gasteiger partial charge in [0, 0.05) is 25.3 Å². The third-order valence-electron chi connectivity index (χ3n) is 3.87. The van der Waals surface area contributed by atoms with Crippen LogP contribution in [0.2, 0.25) is 0 Å². The van der Waals surface area contributed by atoms with Gasteiger partial charge in [0.1, 0.15) is 0 Å². The van der Waals surface area contributed by atoms with Crippen molar-refractivity contribution < 1.29 is 41.9 Å². The van der Waals surface area contributed by atoms with Gasteiger partial charge in [-0.05, 0) is 32.1 Å². The van der Waals surface area contributed by atoms with Gasteiger partial charge in [0.15, 0.2) is 0 Å². The minimum absolute atomic E-state index is 0. The first-order valence-electron chi connectivity index (χ1n) is 7.85. The average Bonchev–Trinajstić information content (AvgIpc) is 2.68. The number of rotatable bonds is 2. The molecule has 1 fully saturated rings. The molecule has 0 radical (unpaired) electrons. The number of likely N-dealkylation sites (N-methyl/N-ethyl adjacent to an activating group) is 1. The van der Waals surface area contributed by atoms with E-state index in [0.29, 0.717) is 16.6 Å². The van der Waals surface area contributed by atoms with Crippen LogP contribution in [0.5, 0.6) is 0 Å². The van der Waals surface area contributed by atoms with Gasteiger partial charge >= 0.3 is 21.1 Å². The second kappa shape index (κ2) is 12.9. The number of ether oxygens (including phenoxy) is 1. The van der Waals surface area contributed by atoms with Gasteiger partial charge in [-0.1, -0.05) is 13.3 Å². The molecule has 6 heteroatoms. The van der Waals surface area contributed by atoms with Gasteiger partial charge in [0.2, 0.25) is 0 Å². The minimum Gasteiger partial charge on any atom is -0.566 e.